The number of hydrogen-bond acceptors (Lipinski definition) is 4. The normalized spacial score (nSPS) is 16.3. The minimum Gasteiger partial charge on any atom is -0.506 e. The van der Waals surface area contributed by atoms with Crippen LogP contribution in [0.25, 0.3) is 0 Å². The Balaban J connectivity index is 1.60. The van der Waals surface area contributed by atoms with Crippen LogP contribution in [0.2, 0.25) is 0 Å². The van der Waals surface area contributed by atoms with Crippen molar-refractivity contribution >= 4 is 17.3 Å². The first-order chi connectivity index (χ1) is 12.5. The zero-order chi connectivity index (χ0) is 18.7. The molecule has 0 aromatic heterocycles. The Labute approximate surface area is 150 Å². The van der Waals surface area contributed by atoms with E-state index in [2.05, 4.69) is 5.32 Å². The van der Waals surface area contributed by atoms with Gasteiger partial charge in [0.2, 0.25) is 5.91 Å². The third-order valence-corrected chi connectivity index (χ3v) is 4.67. The summed E-state index contributed by atoms with van der Waals surface area (Å²) in [5, 5.41) is 12.3. The van der Waals surface area contributed by atoms with E-state index < -0.39 is 29.3 Å². The number of nitrogens with one attached hydrogen (secondary N) is 1. The molecule has 2 aromatic carbocycles. The summed E-state index contributed by atoms with van der Waals surface area (Å²) in [6, 6.07) is 10.1. The van der Waals surface area contributed by atoms with Crippen molar-refractivity contribution in [3.05, 3.63) is 54.1 Å². The number of nitrogens with zero attached hydrogens (tertiary/aromatic N) is 2. The maximum absolute atomic E-state index is 13.7. The number of rotatable bonds is 4. The van der Waals surface area contributed by atoms with Gasteiger partial charge in [-0.05, 0) is 31.2 Å². The number of carbonyl (C=O) groups excluding carboxylic acids is 1. The van der Waals surface area contributed by atoms with Crippen LogP contribution in [0, 0.1) is 11.6 Å². The van der Waals surface area contributed by atoms with Gasteiger partial charge < -0.3 is 15.3 Å². The van der Waals surface area contributed by atoms with E-state index in [-0.39, 0.29) is 5.75 Å². The number of aromatic hydroxyl groups is 1. The molecule has 5 nitrogen and oxygen atoms in total. The van der Waals surface area contributed by atoms with E-state index >= 15 is 0 Å². The SMILES string of the molecule is C[C@@H](C(=O)Nc1c(F)cccc1F)N1CCN(c2ccccc2O)CC1. The van der Waals surface area contributed by atoms with Crippen LogP contribution in [0.1, 0.15) is 6.92 Å². The van der Waals surface area contributed by atoms with Gasteiger partial charge in [0.05, 0.1) is 11.7 Å². The molecule has 1 aliphatic heterocycles. The Kier molecular flexibility index (Phi) is 5.37. The monoisotopic (exact) mass is 361 g/mol. The molecule has 1 fully saturated rings. The number of amides is 1. The van der Waals surface area contributed by atoms with Gasteiger partial charge in [0.15, 0.2) is 0 Å². The first kappa shape index (κ1) is 18.1. The summed E-state index contributed by atoms with van der Waals surface area (Å²) in [6.07, 6.45) is 0. The molecule has 7 heteroatoms. The zero-order valence-corrected chi connectivity index (χ0v) is 14.5. The highest BCUT2D eigenvalue weighted by molar-refractivity contribution is 5.94. The van der Waals surface area contributed by atoms with Crippen LogP contribution >= 0.6 is 0 Å². The van der Waals surface area contributed by atoms with Crippen molar-refractivity contribution in [1.29, 1.82) is 0 Å². The summed E-state index contributed by atoms with van der Waals surface area (Å²) in [5.41, 5.74) is 0.342. The van der Waals surface area contributed by atoms with Crippen LogP contribution in [-0.2, 0) is 4.79 Å². The maximum Gasteiger partial charge on any atom is 0.241 e. The highest BCUT2D eigenvalue weighted by atomic mass is 19.1. The second-order valence-electron chi connectivity index (χ2n) is 6.27. The summed E-state index contributed by atoms with van der Waals surface area (Å²) < 4.78 is 27.4. The smallest absolute Gasteiger partial charge is 0.241 e. The first-order valence-corrected chi connectivity index (χ1v) is 8.49. The van der Waals surface area contributed by atoms with Crippen LogP contribution in [0.5, 0.6) is 5.75 Å². The van der Waals surface area contributed by atoms with E-state index in [1.807, 2.05) is 21.9 Å². The van der Waals surface area contributed by atoms with Crippen molar-refractivity contribution < 1.29 is 18.7 Å². The number of benzene rings is 2. The number of phenols is 1. The van der Waals surface area contributed by atoms with E-state index in [1.165, 1.54) is 6.07 Å². The molecular formula is C19H21F2N3O2. The quantitative estimate of drug-likeness (QED) is 0.879. The van der Waals surface area contributed by atoms with Crippen molar-refractivity contribution in [3.63, 3.8) is 0 Å². The molecule has 0 spiro atoms. The molecule has 1 heterocycles. The van der Waals surface area contributed by atoms with Crippen molar-refractivity contribution in [1.82, 2.24) is 4.90 Å². The van der Waals surface area contributed by atoms with Crippen LogP contribution in [0.15, 0.2) is 42.5 Å². The topological polar surface area (TPSA) is 55.8 Å². The lowest BCUT2D eigenvalue weighted by molar-refractivity contribution is -0.120. The number of anilines is 2. The molecule has 0 unspecified atom stereocenters. The standard InChI is InChI=1S/C19H21F2N3O2/c1-13(19(26)22-18-14(20)5-4-6-15(18)21)23-9-11-24(12-10-23)16-7-2-3-8-17(16)25/h2-8,13,25H,9-12H2,1H3,(H,22,26)/t13-/m0/s1. The molecule has 2 N–H and O–H groups in total. The van der Waals surface area contributed by atoms with E-state index in [0.29, 0.717) is 26.2 Å². The molecule has 1 amide bonds. The van der Waals surface area contributed by atoms with Gasteiger partial charge in [-0.1, -0.05) is 18.2 Å². The molecule has 138 valence electrons. The van der Waals surface area contributed by atoms with Gasteiger partial charge >= 0.3 is 0 Å². The lowest BCUT2D eigenvalue weighted by Crippen LogP contribution is -2.52. The molecule has 0 saturated carbocycles. The van der Waals surface area contributed by atoms with E-state index in [9.17, 15) is 18.7 Å². The van der Waals surface area contributed by atoms with E-state index in [1.54, 1.807) is 19.1 Å². The molecule has 0 aliphatic carbocycles. The average molecular weight is 361 g/mol. The molecule has 26 heavy (non-hydrogen) atoms. The van der Waals surface area contributed by atoms with Crippen LogP contribution < -0.4 is 10.2 Å². The van der Waals surface area contributed by atoms with Gasteiger partial charge in [-0.25, -0.2) is 8.78 Å². The lowest BCUT2D eigenvalue weighted by Gasteiger charge is -2.38. The van der Waals surface area contributed by atoms with Crippen LogP contribution in [0.4, 0.5) is 20.2 Å². The number of hydrogen-bond donors (Lipinski definition) is 2. The molecular weight excluding hydrogens is 340 g/mol. The summed E-state index contributed by atoms with van der Waals surface area (Å²) in [6.45, 7) is 4.20. The number of para-hydroxylation sites is 3. The fourth-order valence-corrected chi connectivity index (χ4v) is 3.09. The van der Waals surface area contributed by atoms with Gasteiger partial charge in [-0.2, -0.15) is 0 Å². The van der Waals surface area contributed by atoms with Crippen molar-refractivity contribution in [3.8, 4) is 5.75 Å². The van der Waals surface area contributed by atoms with Crippen molar-refractivity contribution in [2.45, 2.75) is 13.0 Å². The Morgan fingerprint density at radius 3 is 2.27 bits per heavy atom. The number of halogens is 2. The second kappa shape index (κ2) is 7.70. The highest BCUT2D eigenvalue weighted by Gasteiger charge is 2.27. The third kappa shape index (κ3) is 3.77. The predicted molar refractivity (Wildman–Crippen MR) is 96.3 cm³/mol. The zero-order valence-electron chi connectivity index (χ0n) is 14.5. The fraction of sp³-hybridized carbons (Fsp3) is 0.316. The fourth-order valence-electron chi connectivity index (χ4n) is 3.09. The number of phenolic OH excluding ortho intramolecular Hbond substituents is 1. The van der Waals surface area contributed by atoms with Gasteiger partial charge in [0, 0.05) is 26.2 Å². The van der Waals surface area contributed by atoms with Crippen molar-refractivity contribution in [2.24, 2.45) is 0 Å². The molecule has 1 saturated heterocycles. The van der Waals surface area contributed by atoms with Gasteiger partial charge in [-0.3, -0.25) is 9.69 Å². The molecule has 0 bridgehead atoms. The Morgan fingerprint density at radius 2 is 1.65 bits per heavy atom. The van der Waals surface area contributed by atoms with Gasteiger partial charge in [0.1, 0.15) is 23.1 Å². The summed E-state index contributed by atoms with van der Waals surface area (Å²) in [7, 11) is 0. The average Bonchev–Trinajstić information content (AvgIpc) is 2.65. The Bertz CT molecular complexity index is 772. The maximum atomic E-state index is 13.7. The molecule has 1 aliphatic rings. The largest absolute Gasteiger partial charge is 0.506 e. The van der Waals surface area contributed by atoms with Gasteiger partial charge in [0.25, 0.3) is 0 Å². The Hall–Kier alpha value is -2.67. The van der Waals surface area contributed by atoms with Gasteiger partial charge in [-0.15, -0.1) is 0 Å². The minimum absolute atomic E-state index is 0.224. The molecule has 1 atom stereocenters. The van der Waals surface area contributed by atoms with Crippen LogP contribution in [-0.4, -0.2) is 48.1 Å². The minimum atomic E-state index is -0.796. The predicted octanol–water partition coefficient (Wildman–Crippen LogP) is 2.82. The summed E-state index contributed by atoms with van der Waals surface area (Å²) in [5.74, 6) is -1.82. The summed E-state index contributed by atoms with van der Waals surface area (Å²) in [4.78, 5) is 16.4. The molecule has 3 rings (SSSR count). The first-order valence-electron chi connectivity index (χ1n) is 8.49. The molecule has 2 aromatic rings. The number of piperazine rings is 1. The lowest BCUT2D eigenvalue weighted by atomic mass is 10.2. The third-order valence-electron chi connectivity index (χ3n) is 4.67. The van der Waals surface area contributed by atoms with Crippen LogP contribution in [0.3, 0.4) is 0 Å². The Morgan fingerprint density at radius 1 is 1.04 bits per heavy atom. The highest BCUT2D eigenvalue weighted by Crippen LogP contribution is 2.27. The number of carbonyl (C=O) groups is 1. The van der Waals surface area contributed by atoms with E-state index in [0.717, 1.165) is 17.8 Å². The van der Waals surface area contributed by atoms with E-state index in [4.69, 9.17) is 0 Å². The second-order valence-corrected chi connectivity index (χ2v) is 6.27. The van der Waals surface area contributed by atoms with Crippen molar-refractivity contribution in [2.75, 3.05) is 36.4 Å². The summed E-state index contributed by atoms with van der Waals surface area (Å²) >= 11 is 0. The molecule has 0 radical (unpaired) electrons.